The van der Waals surface area contributed by atoms with Crippen LogP contribution in [-0.2, 0) is 6.54 Å². The fourth-order valence-corrected chi connectivity index (χ4v) is 4.30. The Balaban J connectivity index is 1.84. The molecule has 2 nitrogen and oxygen atoms in total. The molecule has 0 bridgehead atoms. The first-order valence-corrected chi connectivity index (χ1v) is 8.54. The molecule has 0 saturated carbocycles. The van der Waals surface area contributed by atoms with E-state index in [2.05, 4.69) is 10.3 Å². The molecule has 20 heavy (non-hydrogen) atoms. The first-order valence-electron chi connectivity index (χ1n) is 5.77. The lowest BCUT2D eigenvalue weighted by Crippen LogP contribution is -1.97. The Morgan fingerprint density at radius 2 is 1.90 bits per heavy atom. The highest BCUT2D eigenvalue weighted by molar-refractivity contribution is 7.18. The minimum absolute atomic E-state index is 0.591. The zero-order valence-corrected chi connectivity index (χ0v) is 14.2. The standard InChI is InChI=1S/C13H9Cl3N2S2/c1-6-18-11-3-8(14)10(4-12(11)19-6)17-5-7-2-9(15)13(16)20-7/h2-4,17H,5H2,1H3. The predicted octanol–water partition coefficient (Wildman–Crippen LogP) is 6.24. The summed E-state index contributed by atoms with van der Waals surface area (Å²) >= 11 is 21.3. The normalized spacial score (nSPS) is 11.2. The first-order chi connectivity index (χ1) is 9.52. The van der Waals surface area contributed by atoms with Crippen LogP contribution in [0.3, 0.4) is 0 Å². The lowest BCUT2D eigenvalue weighted by Gasteiger charge is -2.07. The summed E-state index contributed by atoms with van der Waals surface area (Å²) in [5, 5.41) is 5.60. The molecule has 0 amide bonds. The highest BCUT2D eigenvalue weighted by atomic mass is 35.5. The second-order valence-electron chi connectivity index (χ2n) is 4.22. The third kappa shape index (κ3) is 2.90. The number of aryl methyl sites for hydroxylation is 1. The molecule has 104 valence electrons. The number of thiazole rings is 1. The van der Waals surface area contributed by atoms with Crippen molar-refractivity contribution in [1.29, 1.82) is 0 Å². The van der Waals surface area contributed by atoms with Crippen molar-refractivity contribution in [3.05, 3.63) is 42.5 Å². The molecule has 3 rings (SSSR count). The molecule has 3 aromatic rings. The molecule has 2 heterocycles. The van der Waals surface area contributed by atoms with Crippen LogP contribution in [-0.4, -0.2) is 4.98 Å². The van der Waals surface area contributed by atoms with Crippen molar-refractivity contribution in [2.75, 3.05) is 5.32 Å². The van der Waals surface area contributed by atoms with Crippen molar-refractivity contribution >= 4 is 73.4 Å². The van der Waals surface area contributed by atoms with Gasteiger partial charge in [0.1, 0.15) is 4.34 Å². The van der Waals surface area contributed by atoms with E-state index in [9.17, 15) is 0 Å². The Hall–Kier alpha value is -0.520. The summed E-state index contributed by atoms with van der Waals surface area (Å²) in [4.78, 5) is 5.49. The van der Waals surface area contributed by atoms with E-state index in [1.807, 2.05) is 25.1 Å². The number of aromatic nitrogens is 1. The summed E-state index contributed by atoms with van der Waals surface area (Å²) in [5.74, 6) is 0. The summed E-state index contributed by atoms with van der Waals surface area (Å²) in [6.45, 7) is 2.63. The topological polar surface area (TPSA) is 24.9 Å². The molecule has 2 aromatic heterocycles. The minimum atomic E-state index is 0.591. The third-order valence-electron chi connectivity index (χ3n) is 2.73. The van der Waals surface area contributed by atoms with Gasteiger partial charge in [-0.2, -0.15) is 0 Å². The van der Waals surface area contributed by atoms with Crippen LogP contribution >= 0.6 is 57.5 Å². The van der Waals surface area contributed by atoms with Crippen LogP contribution in [0, 0.1) is 6.92 Å². The molecular weight excluding hydrogens is 355 g/mol. The Morgan fingerprint density at radius 3 is 2.60 bits per heavy atom. The Bertz CT molecular complexity index is 760. The number of nitrogens with one attached hydrogen (secondary N) is 1. The summed E-state index contributed by atoms with van der Waals surface area (Å²) in [7, 11) is 0. The summed E-state index contributed by atoms with van der Waals surface area (Å²) in [5.41, 5.74) is 1.83. The van der Waals surface area contributed by atoms with E-state index in [4.69, 9.17) is 34.8 Å². The summed E-state index contributed by atoms with van der Waals surface area (Å²) < 4.78 is 1.74. The van der Waals surface area contributed by atoms with Gasteiger partial charge < -0.3 is 5.32 Å². The number of fused-ring (bicyclic) bond motifs is 1. The van der Waals surface area contributed by atoms with Crippen molar-refractivity contribution in [3.8, 4) is 0 Å². The second-order valence-corrected chi connectivity index (χ2v) is 8.01. The number of benzene rings is 1. The van der Waals surface area contributed by atoms with Crippen LogP contribution in [0.15, 0.2) is 18.2 Å². The monoisotopic (exact) mass is 362 g/mol. The molecule has 1 aromatic carbocycles. The Kier molecular flexibility index (Phi) is 4.11. The molecule has 0 aliphatic carbocycles. The van der Waals surface area contributed by atoms with Gasteiger partial charge in [0.2, 0.25) is 0 Å². The van der Waals surface area contributed by atoms with Crippen molar-refractivity contribution in [1.82, 2.24) is 4.98 Å². The van der Waals surface area contributed by atoms with Crippen LogP contribution in [0.4, 0.5) is 5.69 Å². The molecule has 0 fully saturated rings. The van der Waals surface area contributed by atoms with Crippen molar-refractivity contribution in [2.45, 2.75) is 13.5 Å². The van der Waals surface area contributed by atoms with Gasteiger partial charge in [0.05, 0.1) is 31.0 Å². The largest absolute Gasteiger partial charge is 0.379 e. The molecule has 0 radical (unpaired) electrons. The van der Waals surface area contributed by atoms with Crippen LogP contribution in [0.5, 0.6) is 0 Å². The zero-order valence-electron chi connectivity index (χ0n) is 10.3. The Morgan fingerprint density at radius 1 is 1.10 bits per heavy atom. The quantitative estimate of drug-likeness (QED) is 0.596. The van der Waals surface area contributed by atoms with Crippen LogP contribution < -0.4 is 5.32 Å². The molecule has 0 unspecified atom stereocenters. The molecule has 1 N–H and O–H groups in total. The molecule has 0 aliphatic heterocycles. The van der Waals surface area contributed by atoms with Crippen molar-refractivity contribution in [2.24, 2.45) is 0 Å². The Labute approximate surface area is 139 Å². The molecule has 0 aliphatic rings. The van der Waals surface area contributed by atoms with E-state index in [1.54, 1.807) is 11.3 Å². The number of nitrogens with zero attached hydrogens (tertiary/aromatic N) is 1. The number of hydrogen-bond acceptors (Lipinski definition) is 4. The van der Waals surface area contributed by atoms with E-state index in [-0.39, 0.29) is 0 Å². The van der Waals surface area contributed by atoms with Crippen molar-refractivity contribution in [3.63, 3.8) is 0 Å². The van der Waals surface area contributed by atoms with Gasteiger partial charge in [0, 0.05) is 11.4 Å². The van der Waals surface area contributed by atoms with Crippen LogP contribution in [0.25, 0.3) is 10.2 Å². The van der Waals surface area contributed by atoms with Gasteiger partial charge in [-0.1, -0.05) is 34.8 Å². The van der Waals surface area contributed by atoms with Gasteiger partial charge in [-0.25, -0.2) is 4.98 Å². The minimum Gasteiger partial charge on any atom is -0.379 e. The van der Waals surface area contributed by atoms with Crippen LogP contribution in [0.1, 0.15) is 9.88 Å². The second kappa shape index (κ2) is 5.70. The molecule has 0 spiro atoms. The van der Waals surface area contributed by atoms with Gasteiger partial charge >= 0.3 is 0 Å². The maximum atomic E-state index is 6.27. The summed E-state index contributed by atoms with van der Waals surface area (Å²) in [6.07, 6.45) is 0. The maximum Gasteiger partial charge on any atom is 0.112 e. The predicted molar refractivity (Wildman–Crippen MR) is 91.0 cm³/mol. The van der Waals surface area contributed by atoms with Gasteiger partial charge in [-0.05, 0) is 25.1 Å². The maximum absolute atomic E-state index is 6.27. The fraction of sp³-hybridized carbons (Fsp3) is 0.154. The molecule has 7 heteroatoms. The van der Waals surface area contributed by atoms with Gasteiger partial charge in [0.25, 0.3) is 0 Å². The number of halogens is 3. The smallest absolute Gasteiger partial charge is 0.112 e. The molecule has 0 saturated heterocycles. The first kappa shape index (κ1) is 14.4. The zero-order chi connectivity index (χ0) is 14.3. The SMILES string of the molecule is Cc1nc2cc(Cl)c(NCc3cc(Cl)c(Cl)s3)cc2s1. The third-order valence-corrected chi connectivity index (χ3v) is 5.85. The average molecular weight is 364 g/mol. The highest BCUT2D eigenvalue weighted by Gasteiger charge is 2.09. The van der Waals surface area contributed by atoms with Gasteiger partial charge in [-0.15, -0.1) is 22.7 Å². The van der Waals surface area contributed by atoms with E-state index < -0.39 is 0 Å². The van der Waals surface area contributed by atoms with Crippen molar-refractivity contribution < 1.29 is 0 Å². The van der Waals surface area contributed by atoms with E-state index >= 15 is 0 Å². The number of hydrogen-bond donors (Lipinski definition) is 1. The molecule has 0 atom stereocenters. The van der Waals surface area contributed by atoms with Gasteiger partial charge in [-0.3, -0.25) is 0 Å². The lowest BCUT2D eigenvalue weighted by molar-refractivity contribution is 1.19. The van der Waals surface area contributed by atoms with E-state index in [0.29, 0.717) is 20.9 Å². The fourth-order valence-electron chi connectivity index (χ4n) is 1.86. The molecular formula is C13H9Cl3N2S2. The lowest BCUT2D eigenvalue weighted by atomic mass is 10.3. The highest BCUT2D eigenvalue weighted by Crippen LogP contribution is 2.34. The van der Waals surface area contributed by atoms with E-state index in [0.717, 1.165) is 25.8 Å². The average Bonchev–Trinajstić information content (AvgIpc) is 2.89. The number of thiophene rings is 1. The van der Waals surface area contributed by atoms with Gasteiger partial charge in [0.15, 0.2) is 0 Å². The van der Waals surface area contributed by atoms with E-state index in [1.165, 1.54) is 11.3 Å². The number of anilines is 1. The van der Waals surface area contributed by atoms with Crippen LogP contribution in [0.2, 0.25) is 14.4 Å². The number of rotatable bonds is 3. The summed E-state index contributed by atoms with van der Waals surface area (Å²) in [6, 6.07) is 5.78.